The molecule has 0 N–H and O–H groups in total. The zero-order chi connectivity index (χ0) is 40.9. The summed E-state index contributed by atoms with van der Waals surface area (Å²) in [5.41, 5.74) is 28.3. The molecule has 0 aromatic heterocycles. The summed E-state index contributed by atoms with van der Waals surface area (Å²) >= 11 is 0. The number of benzene rings is 8. The van der Waals surface area contributed by atoms with Crippen molar-refractivity contribution in [3.8, 4) is 22.3 Å². The van der Waals surface area contributed by atoms with E-state index in [2.05, 4.69) is 202 Å². The van der Waals surface area contributed by atoms with E-state index in [0.29, 0.717) is 0 Å². The maximum Gasteiger partial charge on any atom is 0.0468 e. The predicted octanol–water partition coefficient (Wildman–Crippen LogP) is 16.3. The molecule has 2 heteroatoms. The van der Waals surface area contributed by atoms with Crippen molar-refractivity contribution in [2.45, 2.75) is 83.1 Å². The Morgan fingerprint density at radius 3 is 0.690 bits per heavy atom. The zero-order valence-electron chi connectivity index (χ0n) is 36.3. The van der Waals surface area contributed by atoms with E-state index in [1.807, 2.05) is 0 Å². The van der Waals surface area contributed by atoms with E-state index < -0.39 is 0 Å². The number of aryl methyl sites for hydroxylation is 8. The fourth-order valence-electron chi connectivity index (χ4n) is 9.14. The first kappa shape index (κ1) is 37.5. The van der Waals surface area contributed by atoms with E-state index >= 15 is 0 Å². The van der Waals surface area contributed by atoms with Gasteiger partial charge in [0, 0.05) is 34.1 Å². The quantitative estimate of drug-likeness (QED) is 0.167. The largest absolute Gasteiger partial charge is 0.310 e. The molecule has 0 heterocycles. The van der Waals surface area contributed by atoms with Crippen molar-refractivity contribution in [2.75, 3.05) is 9.80 Å². The van der Waals surface area contributed by atoms with Gasteiger partial charge in [-0.3, -0.25) is 0 Å². The molecule has 0 radical (unpaired) electrons. The summed E-state index contributed by atoms with van der Waals surface area (Å²) in [7, 11) is 0. The van der Waals surface area contributed by atoms with Crippen molar-refractivity contribution in [1.29, 1.82) is 0 Å². The van der Waals surface area contributed by atoms with Gasteiger partial charge in [0.1, 0.15) is 0 Å². The lowest BCUT2D eigenvalue weighted by Gasteiger charge is -2.30. The molecule has 1 aliphatic carbocycles. The third-order valence-corrected chi connectivity index (χ3v) is 13.7. The number of nitrogens with zero attached hydrogens (tertiary/aromatic N) is 2. The van der Waals surface area contributed by atoms with Crippen molar-refractivity contribution in [1.82, 2.24) is 0 Å². The molecule has 0 saturated carbocycles. The third kappa shape index (κ3) is 6.09. The molecule has 0 spiro atoms. The van der Waals surface area contributed by atoms with E-state index in [-0.39, 0.29) is 0 Å². The van der Waals surface area contributed by atoms with E-state index in [1.165, 1.54) is 145 Å². The Morgan fingerprint density at radius 1 is 0.224 bits per heavy atom. The lowest BCUT2D eigenvalue weighted by atomic mass is 9.78. The van der Waals surface area contributed by atoms with Crippen LogP contribution in [0.25, 0.3) is 43.8 Å². The molecule has 0 bridgehead atoms. The van der Waals surface area contributed by atoms with E-state index in [4.69, 9.17) is 0 Å². The fourth-order valence-corrected chi connectivity index (χ4v) is 9.14. The summed E-state index contributed by atoms with van der Waals surface area (Å²) < 4.78 is 0. The number of rotatable bonds is 6. The number of anilines is 6. The van der Waals surface area contributed by atoms with Gasteiger partial charge in [-0.2, -0.15) is 0 Å². The molecule has 0 aliphatic heterocycles. The van der Waals surface area contributed by atoms with Crippen molar-refractivity contribution in [3.63, 3.8) is 0 Å². The first-order valence-corrected chi connectivity index (χ1v) is 20.7. The smallest absolute Gasteiger partial charge is 0.0468 e. The van der Waals surface area contributed by atoms with Crippen LogP contribution in [0.4, 0.5) is 34.1 Å². The van der Waals surface area contributed by atoms with Crippen molar-refractivity contribution < 1.29 is 0 Å². The van der Waals surface area contributed by atoms with Crippen LogP contribution in [0.5, 0.6) is 0 Å². The first-order chi connectivity index (χ1) is 27.7. The number of fused-ring (bicyclic) bond motifs is 6. The zero-order valence-corrected chi connectivity index (χ0v) is 36.3. The normalized spacial score (nSPS) is 11.8. The molecule has 9 rings (SSSR count). The van der Waals surface area contributed by atoms with Gasteiger partial charge in [-0.1, -0.05) is 12.1 Å². The van der Waals surface area contributed by atoms with Gasteiger partial charge in [0.05, 0.1) is 0 Å². The molecule has 1 aliphatic rings. The maximum absolute atomic E-state index is 2.44. The van der Waals surface area contributed by atoms with Gasteiger partial charge in [-0.15, -0.1) is 0 Å². The second kappa shape index (κ2) is 13.8. The molecule has 0 atom stereocenters. The highest BCUT2D eigenvalue weighted by Gasteiger charge is 2.25. The SMILES string of the molecule is Cc1cc(N(c2cc(C)c(C)c(C)c2)c2ccc3cc4c(cc3c2)-c2cc3cc(N(c5cc(C)c(C)c(C)c5)c5cc(C)c(C)c(C)c5)ccc3cc2-4)cc(C)c1C. The summed E-state index contributed by atoms with van der Waals surface area (Å²) in [6.07, 6.45) is 0. The van der Waals surface area contributed by atoms with E-state index in [9.17, 15) is 0 Å². The van der Waals surface area contributed by atoms with Crippen LogP contribution in [-0.4, -0.2) is 0 Å². The van der Waals surface area contributed by atoms with Gasteiger partial charge in [0.25, 0.3) is 0 Å². The van der Waals surface area contributed by atoms with Gasteiger partial charge in [0.15, 0.2) is 0 Å². The van der Waals surface area contributed by atoms with Crippen molar-refractivity contribution >= 4 is 55.7 Å². The topological polar surface area (TPSA) is 6.48 Å². The Labute approximate surface area is 345 Å². The standard InChI is InChI=1S/C56H54N2/c1-31-17-49(18-32(2)39(31)9)57(50-19-33(3)40(10)34(4)20-50)47-15-13-43-27-53-54-28-44-14-16-48(26-46(44)30-56(54)55(53)29-45(43)25-47)58(51-21-35(5)41(11)36(6)22-51)52-23-37(7)42(12)38(8)24-52/h13-30H,1-12H3. The van der Waals surface area contributed by atoms with Crippen LogP contribution in [0.15, 0.2) is 109 Å². The summed E-state index contributed by atoms with van der Waals surface area (Å²) in [5, 5.41) is 5.03. The Bertz CT molecular complexity index is 2620. The van der Waals surface area contributed by atoms with Gasteiger partial charge in [0.2, 0.25) is 0 Å². The van der Waals surface area contributed by atoms with Crippen molar-refractivity contribution in [3.05, 3.63) is 176 Å². The Hall–Kier alpha value is -6.12. The molecule has 0 unspecified atom stereocenters. The molecule has 8 aromatic rings. The van der Waals surface area contributed by atoms with Crippen LogP contribution < -0.4 is 9.80 Å². The highest BCUT2D eigenvalue weighted by Crippen LogP contribution is 2.51. The van der Waals surface area contributed by atoms with Gasteiger partial charge in [-0.25, -0.2) is 0 Å². The monoisotopic (exact) mass is 754 g/mol. The minimum absolute atomic E-state index is 1.17. The Balaban J connectivity index is 1.16. The van der Waals surface area contributed by atoms with E-state index in [1.54, 1.807) is 0 Å². The average molecular weight is 755 g/mol. The average Bonchev–Trinajstić information content (AvgIpc) is 3.18. The lowest BCUT2D eigenvalue weighted by Crippen LogP contribution is -2.12. The minimum atomic E-state index is 1.17. The number of hydrogen-bond acceptors (Lipinski definition) is 2. The van der Waals surface area contributed by atoms with Crippen molar-refractivity contribution in [2.24, 2.45) is 0 Å². The van der Waals surface area contributed by atoms with Gasteiger partial charge < -0.3 is 9.80 Å². The predicted molar refractivity (Wildman–Crippen MR) is 252 cm³/mol. The van der Waals surface area contributed by atoms with Crippen LogP contribution in [0.1, 0.15) is 66.8 Å². The van der Waals surface area contributed by atoms with Crippen LogP contribution in [0.2, 0.25) is 0 Å². The summed E-state index contributed by atoms with van der Waals surface area (Å²) in [6, 6.07) is 42.3. The van der Waals surface area contributed by atoms with E-state index in [0.717, 1.165) is 0 Å². The molecule has 288 valence electrons. The molecule has 2 nitrogen and oxygen atoms in total. The Kier molecular flexibility index (Phi) is 8.89. The Morgan fingerprint density at radius 2 is 0.448 bits per heavy atom. The highest BCUT2D eigenvalue weighted by atomic mass is 15.1. The molecule has 0 saturated heterocycles. The summed E-state index contributed by atoms with van der Waals surface area (Å²) in [6.45, 7) is 26.7. The second-order valence-corrected chi connectivity index (χ2v) is 17.3. The van der Waals surface area contributed by atoms with Gasteiger partial charge in [-0.05, 0) is 291 Å². The lowest BCUT2D eigenvalue weighted by molar-refractivity contribution is 1.19. The van der Waals surface area contributed by atoms with Crippen LogP contribution >= 0.6 is 0 Å². The van der Waals surface area contributed by atoms with Crippen LogP contribution in [0.3, 0.4) is 0 Å². The molecular formula is C56H54N2. The summed E-state index contributed by atoms with van der Waals surface area (Å²) in [4.78, 5) is 4.89. The molecular weight excluding hydrogens is 701 g/mol. The fraction of sp³-hybridized carbons (Fsp3) is 0.214. The molecule has 0 amide bonds. The maximum atomic E-state index is 2.44. The number of hydrogen-bond donors (Lipinski definition) is 0. The first-order valence-electron chi connectivity index (χ1n) is 20.7. The molecule has 8 aromatic carbocycles. The molecule has 0 fully saturated rings. The second-order valence-electron chi connectivity index (χ2n) is 17.3. The van der Waals surface area contributed by atoms with Crippen LogP contribution in [0, 0.1) is 83.1 Å². The van der Waals surface area contributed by atoms with Gasteiger partial charge >= 0.3 is 0 Å². The summed E-state index contributed by atoms with van der Waals surface area (Å²) in [5.74, 6) is 0. The highest BCUT2D eigenvalue weighted by molar-refractivity contribution is 6.12. The minimum Gasteiger partial charge on any atom is -0.310 e. The van der Waals surface area contributed by atoms with Crippen LogP contribution in [-0.2, 0) is 0 Å². The third-order valence-electron chi connectivity index (χ3n) is 13.7. The molecule has 58 heavy (non-hydrogen) atoms.